The Labute approximate surface area is 169 Å². The number of aryl methyl sites for hydroxylation is 1. The molecule has 2 amide bonds. The number of rotatable bonds is 7. The van der Waals surface area contributed by atoms with Crippen molar-refractivity contribution in [3.05, 3.63) is 71.4 Å². The quantitative estimate of drug-likeness (QED) is 0.510. The van der Waals surface area contributed by atoms with Crippen LogP contribution >= 0.6 is 11.6 Å². The third-order valence-electron chi connectivity index (χ3n) is 4.30. The molecule has 0 unspecified atom stereocenters. The molecule has 3 aromatic rings. The number of carbonyl (C=O) groups is 2. The Bertz CT molecular complexity index is 967. The minimum Gasteiger partial charge on any atom is -0.358 e. The number of carbonyl (C=O) groups excluding carboxylic acids is 2. The molecule has 5 nitrogen and oxygen atoms in total. The Morgan fingerprint density at radius 2 is 1.75 bits per heavy atom. The van der Waals surface area contributed by atoms with E-state index in [1.165, 1.54) is 0 Å². The van der Waals surface area contributed by atoms with Crippen molar-refractivity contribution in [2.24, 2.45) is 0 Å². The molecule has 3 N–H and O–H groups in total. The molecule has 0 saturated heterocycles. The third kappa shape index (κ3) is 5.24. The Kier molecular flexibility index (Phi) is 6.50. The fraction of sp³-hybridized carbons (Fsp3) is 0.182. The van der Waals surface area contributed by atoms with Crippen molar-refractivity contribution in [2.75, 3.05) is 10.6 Å². The van der Waals surface area contributed by atoms with Crippen LogP contribution in [0, 0.1) is 0 Å². The first-order valence-corrected chi connectivity index (χ1v) is 9.55. The molecule has 0 bridgehead atoms. The second kappa shape index (κ2) is 9.24. The van der Waals surface area contributed by atoms with E-state index in [1.54, 1.807) is 25.1 Å². The van der Waals surface area contributed by atoms with Gasteiger partial charge in [-0.3, -0.25) is 9.59 Å². The summed E-state index contributed by atoms with van der Waals surface area (Å²) in [6.07, 6.45) is 1.28. The van der Waals surface area contributed by atoms with E-state index in [2.05, 4.69) is 15.6 Å². The van der Waals surface area contributed by atoms with E-state index in [-0.39, 0.29) is 11.8 Å². The Balaban J connectivity index is 1.58. The van der Waals surface area contributed by atoms with E-state index >= 15 is 0 Å². The number of nitrogens with one attached hydrogen (secondary N) is 3. The van der Waals surface area contributed by atoms with Crippen LogP contribution in [0.25, 0.3) is 11.3 Å². The fourth-order valence-electron chi connectivity index (χ4n) is 2.78. The number of hydrogen-bond acceptors (Lipinski definition) is 2. The van der Waals surface area contributed by atoms with Crippen LogP contribution in [0.4, 0.5) is 11.4 Å². The molecule has 1 aromatic heterocycles. The first-order valence-electron chi connectivity index (χ1n) is 9.17. The van der Waals surface area contributed by atoms with Crippen molar-refractivity contribution < 1.29 is 9.59 Å². The molecule has 0 aliphatic carbocycles. The van der Waals surface area contributed by atoms with E-state index in [1.807, 2.05) is 42.5 Å². The van der Waals surface area contributed by atoms with Gasteiger partial charge in [-0.25, -0.2) is 0 Å². The van der Waals surface area contributed by atoms with Gasteiger partial charge in [-0.2, -0.15) is 0 Å². The minimum atomic E-state index is -0.142. The maximum atomic E-state index is 12.3. The maximum Gasteiger partial charge on any atom is 0.224 e. The molecule has 0 saturated carbocycles. The summed E-state index contributed by atoms with van der Waals surface area (Å²) in [5.74, 6) is -0.239. The highest BCUT2D eigenvalue weighted by atomic mass is 35.5. The zero-order chi connectivity index (χ0) is 19.9. The minimum absolute atomic E-state index is 0.0967. The van der Waals surface area contributed by atoms with Gasteiger partial charge in [0.2, 0.25) is 11.8 Å². The first kappa shape index (κ1) is 19.7. The Morgan fingerprint density at radius 3 is 2.50 bits per heavy atom. The number of amides is 2. The van der Waals surface area contributed by atoms with Crippen LogP contribution in [0.1, 0.15) is 25.5 Å². The van der Waals surface area contributed by atoms with Crippen LogP contribution in [0.5, 0.6) is 0 Å². The lowest BCUT2D eigenvalue weighted by atomic mass is 10.2. The molecule has 2 aromatic carbocycles. The summed E-state index contributed by atoms with van der Waals surface area (Å²) in [5, 5.41) is 5.99. The summed E-state index contributed by atoms with van der Waals surface area (Å²) in [5.41, 5.74) is 4.21. The highest BCUT2D eigenvalue weighted by Crippen LogP contribution is 2.26. The second-order valence-electron chi connectivity index (χ2n) is 6.41. The molecule has 0 radical (unpaired) electrons. The van der Waals surface area contributed by atoms with Gasteiger partial charge in [-0.05, 0) is 42.3 Å². The van der Waals surface area contributed by atoms with Crippen molar-refractivity contribution in [3.8, 4) is 11.3 Å². The van der Waals surface area contributed by atoms with Gasteiger partial charge < -0.3 is 15.6 Å². The Morgan fingerprint density at radius 1 is 0.964 bits per heavy atom. The van der Waals surface area contributed by atoms with Gasteiger partial charge in [0.1, 0.15) is 0 Å². The molecule has 144 valence electrons. The van der Waals surface area contributed by atoms with Gasteiger partial charge in [0.15, 0.2) is 0 Å². The standard InChI is InChI=1S/C22H22ClN3O2/c1-2-21(27)25-17-8-11-18(23)20(14-17)26-22(28)13-10-16-9-12-19(24-16)15-6-4-3-5-7-15/h3-9,11-12,14,24H,2,10,13H2,1H3,(H,25,27)(H,26,28). The summed E-state index contributed by atoms with van der Waals surface area (Å²) in [7, 11) is 0. The number of H-pyrrole nitrogens is 1. The van der Waals surface area contributed by atoms with Gasteiger partial charge in [-0.15, -0.1) is 0 Å². The smallest absolute Gasteiger partial charge is 0.224 e. The van der Waals surface area contributed by atoms with Crippen molar-refractivity contribution >= 4 is 34.8 Å². The molecular weight excluding hydrogens is 374 g/mol. The molecule has 0 aliphatic heterocycles. The van der Waals surface area contributed by atoms with Crippen molar-refractivity contribution in [1.29, 1.82) is 0 Å². The zero-order valence-electron chi connectivity index (χ0n) is 15.6. The maximum absolute atomic E-state index is 12.3. The van der Waals surface area contributed by atoms with Crippen LogP contribution in [-0.4, -0.2) is 16.8 Å². The predicted molar refractivity (Wildman–Crippen MR) is 114 cm³/mol. The van der Waals surface area contributed by atoms with E-state index in [9.17, 15) is 9.59 Å². The van der Waals surface area contributed by atoms with Gasteiger partial charge >= 0.3 is 0 Å². The molecule has 6 heteroatoms. The lowest BCUT2D eigenvalue weighted by molar-refractivity contribution is -0.116. The highest BCUT2D eigenvalue weighted by molar-refractivity contribution is 6.33. The lowest BCUT2D eigenvalue weighted by Crippen LogP contribution is -2.14. The first-order chi connectivity index (χ1) is 13.5. The van der Waals surface area contributed by atoms with Crippen LogP contribution in [-0.2, 0) is 16.0 Å². The van der Waals surface area contributed by atoms with Crippen molar-refractivity contribution in [1.82, 2.24) is 4.98 Å². The van der Waals surface area contributed by atoms with Gasteiger partial charge in [-0.1, -0.05) is 48.9 Å². The summed E-state index contributed by atoms with van der Waals surface area (Å²) >= 11 is 6.17. The summed E-state index contributed by atoms with van der Waals surface area (Å²) in [4.78, 5) is 27.2. The van der Waals surface area contributed by atoms with E-state index in [0.29, 0.717) is 35.7 Å². The highest BCUT2D eigenvalue weighted by Gasteiger charge is 2.09. The fourth-order valence-corrected chi connectivity index (χ4v) is 2.95. The zero-order valence-corrected chi connectivity index (χ0v) is 16.3. The van der Waals surface area contributed by atoms with Gasteiger partial charge in [0.25, 0.3) is 0 Å². The van der Waals surface area contributed by atoms with E-state index in [0.717, 1.165) is 17.0 Å². The van der Waals surface area contributed by atoms with Crippen molar-refractivity contribution in [2.45, 2.75) is 26.2 Å². The number of anilines is 2. The largest absolute Gasteiger partial charge is 0.358 e. The summed E-state index contributed by atoms with van der Waals surface area (Å²) in [6, 6.07) is 19.1. The number of halogens is 1. The molecule has 3 rings (SSSR count). The van der Waals surface area contributed by atoms with Crippen LogP contribution in [0.15, 0.2) is 60.7 Å². The number of hydrogen-bond donors (Lipinski definition) is 3. The van der Waals surface area contributed by atoms with Crippen LogP contribution in [0.2, 0.25) is 5.02 Å². The van der Waals surface area contributed by atoms with Gasteiger partial charge in [0.05, 0.1) is 10.7 Å². The summed E-state index contributed by atoms with van der Waals surface area (Å²) in [6.45, 7) is 1.78. The van der Waals surface area contributed by atoms with Gasteiger partial charge in [0, 0.05) is 29.9 Å². The third-order valence-corrected chi connectivity index (χ3v) is 4.63. The van der Waals surface area contributed by atoms with Crippen molar-refractivity contribution in [3.63, 3.8) is 0 Å². The molecule has 0 spiro atoms. The molecule has 28 heavy (non-hydrogen) atoms. The van der Waals surface area contributed by atoms with E-state index in [4.69, 9.17) is 11.6 Å². The molecule has 0 fully saturated rings. The SMILES string of the molecule is CCC(=O)Nc1ccc(Cl)c(NC(=O)CCc2ccc(-c3ccccc3)[nH]2)c1. The number of aromatic nitrogens is 1. The molecular formula is C22H22ClN3O2. The van der Waals surface area contributed by atoms with Crippen LogP contribution in [0.3, 0.4) is 0 Å². The average Bonchev–Trinajstić information content (AvgIpc) is 3.18. The number of aromatic amines is 1. The summed E-state index contributed by atoms with van der Waals surface area (Å²) < 4.78 is 0. The molecule has 0 atom stereocenters. The normalized spacial score (nSPS) is 10.5. The average molecular weight is 396 g/mol. The van der Waals surface area contributed by atoms with E-state index < -0.39 is 0 Å². The van der Waals surface area contributed by atoms with Crippen LogP contribution < -0.4 is 10.6 Å². The topological polar surface area (TPSA) is 74.0 Å². The molecule has 0 aliphatic rings. The second-order valence-corrected chi connectivity index (χ2v) is 6.82. The Hall–Kier alpha value is -3.05. The predicted octanol–water partition coefficient (Wildman–Crippen LogP) is 5.25. The number of benzene rings is 2. The monoisotopic (exact) mass is 395 g/mol. The molecule has 1 heterocycles. The lowest BCUT2D eigenvalue weighted by Gasteiger charge is -2.10.